The third kappa shape index (κ3) is 4.07. The first-order valence-corrected chi connectivity index (χ1v) is 7.41. The van der Waals surface area contributed by atoms with E-state index in [9.17, 15) is 14.9 Å². The number of carbonyl (C=O) groups excluding carboxylic acids is 1. The number of nitrogens with zero attached hydrogens (tertiary/aromatic N) is 2. The summed E-state index contributed by atoms with van der Waals surface area (Å²) in [4.78, 5) is 25.0. The van der Waals surface area contributed by atoms with Gasteiger partial charge >= 0.3 is 0 Å². The van der Waals surface area contributed by atoms with Gasteiger partial charge in [0.1, 0.15) is 5.56 Å². The van der Waals surface area contributed by atoms with Crippen LogP contribution in [0.1, 0.15) is 23.2 Å². The fraction of sp³-hybridized carbons (Fsp3) is 0.533. The first-order valence-electron chi connectivity index (χ1n) is 7.41. The van der Waals surface area contributed by atoms with Crippen molar-refractivity contribution < 1.29 is 19.2 Å². The standard InChI is InChI=1S/C15H21N3O5.ClH/c1-22-13-7-11(12(18(20)21)8-14(13)23-2)15(19)17-5-3-10(9-16)4-6-17;/h7-8,10H,3-6,9,16H2,1-2H3;1H. The van der Waals surface area contributed by atoms with Gasteiger partial charge in [-0.05, 0) is 25.3 Å². The maximum atomic E-state index is 12.7. The fourth-order valence-electron chi connectivity index (χ4n) is 2.73. The van der Waals surface area contributed by atoms with Crippen LogP contribution in [-0.2, 0) is 0 Å². The normalized spacial score (nSPS) is 14.7. The van der Waals surface area contributed by atoms with Crippen molar-refractivity contribution in [3.05, 3.63) is 27.8 Å². The maximum Gasteiger partial charge on any atom is 0.286 e. The van der Waals surface area contributed by atoms with Crippen LogP contribution in [0.5, 0.6) is 11.5 Å². The second kappa shape index (κ2) is 8.70. The minimum Gasteiger partial charge on any atom is -0.493 e. The molecule has 1 aromatic carbocycles. The molecule has 1 aromatic rings. The second-order valence-corrected chi connectivity index (χ2v) is 5.45. The van der Waals surface area contributed by atoms with Crippen molar-refractivity contribution in [3.8, 4) is 11.5 Å². The molecule has 0 atom stereocenters. The molecular formula is C15H22ClN3O5. The van der Waals surface area contributed by atoms with Crippen molar-refractivity contribution in [3.63, 3.8) is 0 Å². The smallest absolute Gasteiger partial charge is 0.286 e. The zero-order valence-electron chi connectivity index (χ0n) is 13.7. The number of benzene rings is 1. The van der Waals surface area contributed by atoms with Crippen LogP contribution in [0, 0.1) is 16.0 Å². The number of hydrogen-bond donors (Lipinski definition) is 1. The molecule has 0 unspecified atom stereocenters. The number of piperidine rings is 1. The molecule has 1 amide bonds. The average molecular weight is 360 g/mol. The molecule has 0 radical (unpaired) electrons. The summed E-state index contributed by atoms with van der Waals surface area (Å²) < 4.78 is 10.2. The summed E-state index contributed by atoms with van der Waals surface area (Å²) in [6.45, 7) is 1.69. The highest BCUT2D eigenvalue weighted by atomic mass is 35.5. The molecule has 0 bridgehead atoms. The molecule has 0 saturated carbocycles. The van der Waals surface area contributed by atoms with Gasteiger partial charge in [0, 0.05) is 19.2 Å². The first kappa shape index (κ1) is 20.0. The summed E-state index contributed by atoms with van der Waals surface area (Å²) in [6.07, 6.45) is 1.62. The van der Waals surface area contributed by atoms with Crippen molar-refractivity contribution in [1.82, 2.24) is 4.90 Å². The molecule has 0 aromatic heterocycles. The molecule has 1 fully saturated rings. The first-order chi connectivity index (χ1) is 11.0. The highest BCUT2D eigenvalue weighted by Gasteiger charge is 2.30. The molecule has 9 heteroatoms. The minimum atomic E-state index is -0.582. The van der Waals surface area contributed by atoms with Crippen LogP contribution in [0.2, 0.25) is 0 Å². The van der Waals surface area contributed by atoms with Gasteiger partial charge in [0.2, 0.25) is 0 Å². The molecule has 1 saturated heterocycles. The van der Waals surface area contributed by atoms with E-state index in [2.05, 4.69) is 0 Å². The van der Waals surface area contributed by atoms with Gasteiger partial charge in [-0.25, -0.2) is 0 Å². The molecule has 134 valence electrons. The van der Waals surface area contributed by atoms with E-state index in [-0.39, 0.29) is 35.3 Å². The number of ether oxygens (including phenoxy) is 2. The van der Waals surface area contributed by atoms with Gasteiger partial charge in [0.15, 0.2) is 11.5 Å². The number of rotatable bonds is 5. The molecule has 0 spiro atoms. The highest BCUT2D eigenvalue weighted by Crippen LogP contribution is 2.35. The molecule has 1 aliphatic rings. The number of methoxy groups -OCH3 is 2. The van der Waals surface area contributed by atoms with Gasteiger partial charge in [-0.3, -0.25) is 14.9 Å². The predicted octanol–water partition coefficient (Wildman–Crippen LogP) is 1.84. The van der Waals surface area contributed by atoms with E-state index in [1.165, 1.54) is 26.4 Å². The predicted molar refractivity (Wildman–Crippen MR) is 91.1 cm³/mol. The SMILES string of the molecule is COc1cc(C(=O)N2CCC(CN)CC2)c([N+](=O)[O-])cc1OC.Cl. The summed E-state index contributed by atoms with van der Waals surface area (Å²) in [7, 11) is 2.81. The fourth-order valence-corrected chi connectivity index (χ4v) is 2.73. The van der Waals surface area contributed by atoms with Crippen LogP contribution in [0.3, 0.4) is 0 Å². The maximum absolute atomic E-state index is 12.7. The molecule has 0 aliphatic carbocycles. The lowest BCUT2D eigenvalue weighted by Crippen LogP contribution is -2.40. The summed E-state index contributed by atoms with van der Waals surface area (Å²) >= 11 is 0. The summed E-state index contributed by atoms with van der Waals surface area (Å²) in [5.74, 6) is 0.545. The lowest BCUT2D eigenvalue weighted by atomic mass is 9.96. The Hall–Kier alpha value is -2.06. The molecule has 2 N–H and O–H groups in total. The zero-order chi connectivity index (χ0) is 17.0. The number of hydrogen-bond acceptors (Lipinski definition) is 6. The number of nitro groups is 1. The van der Waals surface area contributed by atoms with Gasteiger partial charge in [-0.2, -0.15) is 0 Å². The van der Waals surface area contributed by atoms with Gasteiger partial charge in [0.05, 0.1) is 25.2 Å². The average Bonchev–Trinajstić information content (AvgIpc) is 2.59. The molecule has 1 aliphatic heterocycles. The van der Waals surface area contributed by atoms with Crippen molar-refractivity contribution in [2.45, 2.75) is 12.8 Å². The summed E-state index contributed by atoms with van der Waals surface area (Å²) in [6, 6.07) is 2.59. The van der Waals surface area contributed by atoms with Gasteiger partial charge in [-0.15, -0.1) is 12.4 Å². The zero-order valence-corrected chi connectivity index (χ0v) is 14.5. The van der Waals surface area contributed by atoms with E-state index >= 15 is 0 Å². The van der Waals surface area contributed by atoms with E-state index in [4.69, 9.17) is 15.2 Å². The van der Waals surface area contributed by atoms with E-state index in [1.54, 1.807) is 4.90 Å². The van der Waals surface area contributed by atoms with Crippen molar-refractivity contribution in [1.29, 1.82) is 0 Å². The largest absolute Gasteiger partial charge is 0.493 e. The van der Waals surface area contributed by atoms with Crippen molar-refractivity contribution in [2.75, 3.05) is 33.9 Å². The number of likely N-dealkylation sites (tertiary alicyclic amines) is 1. The van der Waals surface area contributed by atoms with Crippen molar-refractivity contribution >= 4 is 24.0 Å². The van der Waals surface area contributed by atoms with E-state index in [1.807, 2.05) is 0 Å². The van der Waals surface area contributed by atoms with Crippen LogP contribution in [0.15, 0.2) is 12.1 Å². The Kier molecular flexibility index (Phi) is 7.24. The Morgan fingerprint density at radius 2 is 1.83 bits per heavy atom. The number of carbonyl (C=O) groups is 1. The molecule has 8 nitrogen and oxygen atoms in total. The summed E-state index contributed by atoms with van der Waals surface area (Å²) in [5, 5.41) is 11.3. The third-order valence-electron chi connectivity index (χ3n) is 4.16. The lowest BCUT2D eigenvalue weighted by Gasteiger charge is -2.31. The Labute approximate surface area is 146 Å². The topological polar surface area (TPSA) is 108 Å². The van der Waals surface area contributed by atoms with Gasteiger partial charge in [0.25, 0.3) is 11.6 Å². The van der Waals surface area contributed by atoms with Crippen LogP contribution in [0.25, 0.3) is 0 Å². The molecular weight excluding hydrogens is 338 g/mol. The Morgan fingerprint density at radius 3 is 2.29 bits per heavy atom. The third-order valence-corrected chi connectivity index (χ3v) is 4.16. The van der Waals surface area contributed by atoms with Crippen molar-refractivity contribution in [2.24, 2.45) is 11.7 Å². The van der Waals surface area contributed by atoms with E-state index in [0.717, 1.165) is 12.8 Å². The lowest BCUT2D eigenvalue weighted by molar-refractivity contribution is -0.385. The molecule has 24 heavy (non-hydrogen) atoms. The highest BCUT2D eigenvalue weighted by molar-refractivity contribution is 5.99. The number of nitro benzene ring substituents is 1. The minimum absolute atomic E-state index is 0. The Balaban J connectivity index is 0.00000288. The Bertz CT molecular complexity index is 603. The molecule has 1 heterocycles. The second-order valence-electron chi connectivity index (χ2n) is 5.45. The van der Waals surface area contributed by atoms with E-state index < -0.39 is 4.92 Å². The quantitative estimate of drug-likeness (QED) is 0.634. The Morgan fingerprint density at radius 1 is 1.29 bits per heavy atom. The van der Waals surface area contributed by atoms with Crippen LogP contribution < -0.4 is 15.2 Å². The van der Waals surface area contributed by atoms with Gasteiger partial charge in [-0.1, -0.05) is 0 Å². The van der Waals surface area contributed by atoms with Crippen LogP contribution >= 0.6 is 12.4 Å². The number of nitrogens with two attached hydrogens (primary N) is 1. The molecule has 2 rings (SSSR count). The van der Waals surface area contributed by atoms with Crippen LogP contribution in [0.4, 0.5) is 5.69 Å². The number of amides is 1. The van der Waals surface area contributed by atoms with Crippen LogP contribution in [-0.4, -0.2) is 49.6 Å². The van der Waals surface area contributed by atoms with Gasteiger partial charge < -0.3 is 20.1 Å². The van der Waals surface area contributed by atoms with E-state index in [0.29, 0.717) is 31.3 Å². The summed E-state index contributed by atoms with van der Waals surface area (Å²) in [5.41, 5.74) is 5.38. The number of halogens is 1. The monoisotopic (exact) mass is 359 g/mol.